The van der Waals surface area contributed by atoms with Gasteiger partial charge in [-0.05, 0) is 35.3 Å². The van der Waals surface area contributed by atoms with E-state index in [1.165, 1.54) is 0 Å². The molecule has 0 saturated carbocycles. The molecule has 1 aliphatic rings. The first kappa shape index (κ1) is 21.0. The number of hydrogen-bond donors (Lipinski definition) is 1. The molecule has 4 heteroatoms. The van der Waals surface area contributed by atoms with E-state index in [1.54, 1.807) is 6.92 Å². The third-order valence-corrected chi connectivity index (χ3v) is 5.62. The molecule has 0 aromatic heterocycles. The number of hydrogen-bond acceptors (Lipinski definition) is 4. The van der Waals surface area contributed by atoms with Crippen molar-refractivity contribution in [2.45, 2.75) is 12.3 Å². The van der Waals surface area contributed by atoms with Gasteiger partial charge < -0.3 is 10.1 Å². The molecular formula is C28H22N2O2. The monoisotopic (exact) mass is 418 g/mol. The average Bonchev–Trinajstić information content (AvgIpc) is 3.09. The number of benzene rings is 3. The fraction of sp³-hybridized carbons (Fsp3) is 0.107. The Morgan fingerprint density at radius 3 is 2.09 bits per heavy atom. The smallest absolute Gasteiger partial charge is 0.327 e. The van der Waals surface area contributed by atoms with Crippen molar-refractivity contribution in [1.82, 2.24) is 0 Å². The summed E-state index contributed by atoms with van der Waals surface area (Å²) in [6.45, 7) is 1.91. The Morgan fingerprint density at radius 1 is 0.969 bits per heavy atom. The third-order valence-electron chi connectivity index (χ3n) is 5.62. The highest BCUT2D eigenvalue weighted by Gasteiger charge is 2.56. The first-order chi connectivity index (χ1) is 15.6. The molecule has 0 fully saturated rings. The SMILES string of the molecule is CCOC(=O)C1(c2ccccc2)C(=N)C(C#N)=C(c2ccccc2)/C1=C\c1ccccc1. The fourth-order valence-electron chi connectivity index (χ4n) is 4.24. The lowest BCUT2D eigenvalue weighted by Gasteiger charge is -2.30. The molecule has 3 aromatic rings. The zero-order chi connectivity index (χ0) is 22.6. The van der Waals surface area contributed by atoms with Crippen LogP contribution >= 0.6 is 0 Å². The van der Waals surface area contributed by atoms with Gasteiger partial charge in [-0.2, -0.15) is 5.26 Å². The Labute approximate surface area is 187 Å². The Morgan fingerprint density at radius 2 is 1.53 bits per heavy atom. The summed E-state index contributed by atoms with van der Waals surface area (Å²) in [6.07, 6.45) is 1.89. The number of carbonyl (C=O) groups is 1. The van der Waals surface area contributed by atoms with Crippen molar-refractivity contribution in [3.63, 3.8) is 0 Å². The number of ether oxygens (including phenoxy) is 1. The lowest BCUT2D eigenvalue weighted by Crippen LogP contribution is -2.44. The second-order valence-electron chi connectivity index (χ2n) is 7.41. The highest BCUT2D eigenvalue weighted by atomic mass is 16.5. The lowest BCUT2D eigenvalue weighted by molar-refractivity contribution is -0.145. The van der Waals surface area contributed by atoms with Gasteiger partial charge in [0.15, 0.2) is 5.41 Å². The van der Waals surface area contributed by atoms with Crippen molar-refractivity contribution >= 4 is 23.3 Å². The van der Waals surface area contributed by atoms with Crippen LogP contribution in [-0.2, 0) is 14.9 Å². The van der Waals surface area contributed by atoms with E-state index in [9.17, 15) is 10.1 Å². The zero-order valence-corrected chi connectivity index (χ0v) is 17.7. The van der Waals surface area contributed by atoms with E-state index in [1.807, 2.05) is 97.1 Å². The highest BCUT2D eigenvalue weighted by Crippen LogP contribution is 2.51. The lowest BCUT2D eigenvalue weighted by atomic mass is 9.71. The molecule has 1 unspecified atom stereocenters. The summed E-state index contributed by atoms with van der Waals surface area (Å²) in [4.78, 5) is 13.7. The number of rotatable bonds is 5. The van der Waals surface area contributed by atoms with E-state index in [2.05, 4.69) is 6.07 Å². The minimum atomic E-state index is -1.54. The van der Waals surface area contributed by atoms with Crippen LogP contribution in [0.2, 0.25) is 0 Å². The van der Waals surface area contributed by atoms with Crippen molar-refractivity contribution < 1.29 is 9.53 Å². The summed E-state index contributed by atoms with van der Waals surface area (Å²) in [5.41, 5.74) is 1.97. The zero-order valence-electron chi connectivity index (χ0n) is 17.7. The van der Waals surface area contributed by atoms with Gasteiger partial charge in [0.25, 0.3) is 0 Å². The summed E-state index contributed by atoms with van der Waals surface area (Å²) < 4.78 is 5.54. The number of allylic oxidation sites excluding steroid dienone is 2. The average molecular weight is 418 g/mol. The van der Waals surface area contributed by atoms with Crippen LogP contribution in [0.1, 0.15) is 23.6 Å². The first-order valence-electron chi connectivity index (χ1n) is 10.4. The number of nitrogens with zero attached hydrogens (tertiary/aromatic N) is 1. The maximum Gasteiger partial charge on any atom is 0.327 e. The predicted octanol–water partition coefficient (Wildman–Crippen LogP) is 5.58. The third kappa shape index (κ3) is 3.34. The molecular weight excluding hydrogens is 396 g/mol. The van der Waals surface area contributed by atoms with Crippen molar-refractivity contribution in [3.05, 3.63) is 119 Å². The molecule has 3 aromatic carbocycles. The Kier molecular flexibility index (Phi) is 5.83. The van der Waals surface area contributed by atoms with E-state index in [4.69, 9.17) is 10.1 Å². The molecule has 0 amide bonds. The van der Waals surface area contributed by atoms with Crippen LogP contribution < -0.4 is 0 Å². The van der Waals surface area contributed by atoms with Crippen molar-refractivity contribution in [2.75, 3.05) is 6.61 Å². The molecule has 32 heavy (non-hydrogen) atoms. The van der Waals surface area contributed by atoms with E-state index in [0.717, 1.165) is 11.1 Å². The highest BCUT2D eigenvalue weighted by molar-refractivity contribution is 6.33. The second kappa shape index (κ2) is 8.87. The van der Waals surface area contributed by atoms with Crippen LogP contribution in [0.5, 0.6) is 0 Å². The van der Waals surface area contributed by atoms with Gasteiger partial charge in [0.05, 0.1) is 17.9 Å². The quantitative estimate of drug-likeness (QED) is 0.550. The molecule has 4 rings (SSSR count). The summed E-state index contributed by atoms with van der Waals surface area (Å²) in [6, 6.07) is 30.4. The van der Waals surface area contributed by atoms with E-state index >= 15 is 0 Å². The molecule has 1 aliphatic carbocycles. The Hall–Kier alpha value is -4.23. The van der Waals surface area contributed by atoms with E-state index in [-0.39, 0.29) is 17.9 Å². The van der Waals surface area contributed by atoms with Crippen LogP contribution in [0.4, 0.5) is 0 Å². The molecule has 0 spiro atoms. The van der Waals surface area contributed by atoms with Crippen molar-refractivity contribution in [1.29, 1.82) is 10.7 Å². The number of nitrogens with one attached hydrogen (secondary N) is 1. The number of esters is 1. The van der Waals surface area contributed by atoms with Crippen LogP contribution in [-0.4, -0.2) is 18.3 Å². The Balaban J connectivity index is 2.11. The van der Waals surface area contributed by atoms with Crippen LogP contribution in [0, 0.1) is 16.7 Å². The van der Waals surface area contributed by atoms with E-state index < -0.39 is 11.4 Å². The number of nitriles is 1. The minimum absolute atomic E-state index is 0.0642. The summed E-state index contributed by atoms with van der Waals surface area (Å²) in [5, 5.41) is 19.2. The second-order valence-corrected chi connectivity index (χ2v) is 7.41. The number of carbonyl (C=O) groups excluding carboxylic acids is 1. The molecule has 4 nitrogen and oxygen atoms in total. The minimum Gasteiger partial charge on any atom is -0.465 e. The molecule has 1 atom stereocenters. The summed E-state index contributed by atoms with van der Waals surface area (Å²) in [7, 11) is 0. The molecule has 0 radical (unpaired) electrons. The largest absolute Gasteiger partial charge is 0.465 e. The first-order valence-corrected chi connectivity index (χ1v) is 10.4. The van der Waals surface area contributed by atoms with Gasteiger partial charge in [0, 0.05) is 5.57 Å². The maximum absolute atomic E-state index is 13.7. The van der Waals surface area contributed by atoms with Gasteiger partial charge in [-0.15, -0.1) is 0 Å². The fourth-order valence-corrected chi connectivity index (χ4v) is 4.24. The van der Waals surface area contributed by atoms with Crippen LogP contribution in [0.15, 0.2) is 102 Å². The van der Waals surface area contributed by atoms with Crippen LogP contribution in [0.25, 0.3) is 11.6 Å². The van der Waals surface area contributed by atoms with Crippen LogP contribution in [0.3, 0.4) is 0 Å². The summed E-state index contributed by atoms with van der Waals surface area (Å²) in [5.74, 6) is -0.558. The van der Waals surface area contributed by atoms with Gasteiger partial charge in [-0.1, -0.05) is 91.0 Å². The standard InChI is InChI=1S/C28H22N2O2/c1-2-32-27(31)28(22-16-10-5-11-17-22)24(18-20-12-6-3-7-13-20)25(23(19-29)26(28)30)21-14-8-4-9-15-21/h3-18,30H,2H2,1H3/b24-18+,30-26?. The topological polar surface area (TPSA) is 73.9 Å². The molecule has 0 bridgehead atoms. The van der Waals surface area contributed by atoms with Crippen molar-refractivity contribution in [3.8, 4) is 6.07 Å². The molecule has 0 heterocycles. The predicted molar refractivity (Wildman–Crippen MR) is 126 cm³/mol. The van der Waals surface area contributed by atoms with E-state index in [0.29, 0.717) is 16.7 Å². The van der Waals surface area contributed by atoms with Crippen molar-refractivity contribution in [2.24, 2.45) is 0 Å². The van der Waals surface area contributed by atoms with Gasteiger partial charge in [0.2, 0.25) is 0 Å². The van der Waals surface area contributed by atoms with Gasteiger partial charge in [0.1, 0.15) is 6.07 Å². The van der Waals surface area contributed by atoms with Gasteiger partial charge >= 0.3 is 5.97 Å². The molecule has 1 N–H and O–H groups in total. The summed E-state index contributed by atoms with van der Waals surface area (Å²) >= 11 is 0. The maximum atomic E-state index is 13.7. The van der Waals surface area contributed by atoms with Gasteiger partial charge in [-0.25, -0.2) is 0 Å². The molecule has 0 saturated heterocycles. The molecule has 156 valence electrons. The normalized spacial score (nSPS) is 19.1. The Bertz CT molecular complexity index is 1250. The van der Waals surface area contributed by atoms with Gasteiger partial charge in [-0.3, -0.25) is 4.79 Å². The molecule has 0 aliphatic heterocycles.